The first-order valence-electron chi connectivity index (χ1n) is 5.90. The predicted molar refractivity (Wildman–Crippen MR) is 72.1 cm³/mol. The molecule has 0 saturated carbocycles. The normalized spacial score (nSPS) is 11.6. The van der Waals surface area contributed by atoms with E-state index in [-0.39, 0.29) is 11.2 Å². The summed E-state index contributed by atoms with van der Waals surface area (Å²) in [5.41, 5.74) is 0.357. The summed E-state index contributed by atoms with van der Waals surface area (Å²) >= 11 is 0. The minimum Gasteiger partial charge on any atom is -0.481 e. The Hall–Kier alpha value is -1.90. The Labute approximate surface area is 107 Å². The van der Waals surface area contributed by atoms with E-state index in [9.17, 15) is 4.79 Å². The standard InChI is InChI=1S/C15H17NO2/c1-15(2,3)14(17)11-6-5-10-8-13(18-4)16-9-12(10)7-11/h5-9H,1-4H3. The minimum atomic E-state index is -0.367. The SMILES string of the molecule is COc1cc2ccc(C(=O)C(C)(C)C)cc2cn1. The molecule has 18 heavy (non-hydrogen) atoms. The number of Topliss-reactive ketones (excluding diaryl/α,β-unsaturated/α-hetero) is 1. The number of aromatic nitrogens is 1. The molecule has 0 bridgehead atoms. The van der Waals surface area contributed by atoms with Crippen molar-refractivity contribution < 1.29 is 9.53 Å². The van der Waals surface area contributed by atoms with Crippen LogP contribution < -0.4 is 4.74 Å². The van der Waals surface area contributed by atoms with Crippen molar-refractivity contribution in [2.24, 2.45) is 5.41 Å². The molecule has 0 aliphatic heterocycles. The van der Waals surface area contributed by atoms with Gasteiger partial charge in [0.1, 0.15) is 0 Å². The summed E-state index contributed by atoms with van der Waals surface area (Å²) < 4.78 is 5.08. The topological polar surface area (TPSA) is 39.2 Å². The number of ether oxygens (including phenoxy) is 1. The van der Waals surface area contributed by atoms with Gasteiger partial charge in [0.05, 0.1) is 7.11 Å². The molecule has 2 aromatic rings. The molecule has 0 fully saturated rings. The highest BCUT2D eigenvalue weighted by Crippen LogP contribution is 2.24. The maximum Gasteiger partial charge on any atom is 0.213 e. The van der Waals surface area contributed by atoms with Gasteiger partial charge < -0.3 is 4.74 Å². The van der Waals surface area contributed by atoms with Crippen LogP contribution in [0.25, 0.3) is 10.8 Å². The summed E-state index contributed by atoms with van der Waals surface area (Å²) in [5, 5.41) is 1.97. The number of benzene rings is 1. The lowest BCUT2D eigenvalue weighted by Crippen LogP contribution is -2.20. The van der Waals surface area contributed by atoms with Gasteiger partial charge >= 0.3 is 0 Å². The van der Waals surface area contributed by atoms with Gasteiger partial charge in [0.25, 0.3) is 0 Å². The van der Waals surface area contributed by atoms with Crippen molar-refractivity contribution in [2.75, 3.05) is 7.11 Å². The Morgan fingerprint density at radius 2 is 1.89 bits per heavy atom. The van der Waals surface area contributed by atoms with Gasteiger partial charge in [0, 0.05) is 28.6 Å². The highest BCUT2D eigenvalue weighted by atomic mass is 16.5. The molecule has 94 valence electrons. The van der Waals surface area contributed by atoms with Gasteiger partial charge in [-0.05, 0) is 11.5 Å². The zero-order chi connectivity index (χ0) is 13.3. The number of pyridine rings is 1. The lowest BCUT2D eigenvalue weighted by molar-refractivity contribution is 0.0858. The predicted octanol–water partition coefficient (Wildman–Crippen LogP) is 3.47. The monoisotopic (exact) mass is 243 g/mol. The maximum absolute atomic E-state index is 12.2. The van der Waals surface area contributed by atoms with Gasteiger partial charge in [0.2, 0.25) is 5.88 Å². The van der Waals surface area contributed by atoms with Crippen LogP contribution in [0, 0.1) is 5.41 Å². The van der Waals surface area contributed by atoms with Gasteiger partial charge in [-0.3, -0.25) is 4.79 Å². The Morgan fingerprint density at radius 3 is 2.50 bits per heavy atom. The number of hydrogen-bond acceptors (Lipinski definition) is 3. The molecule has 0 N–H and O–H groups in total. The lowest BCUT2D eigenvalue weighted by Gasteiger charge is -2.16. The van der Waals surface area contributed by atoms with Crippen LogP contribution in [0.1, 0.15) is 31.1 Å². The summed E-state index contributed by atoms with van der Waals surface area (Å²) in [6, 6.07) is 7.53. The van der Waals surface area contributed by atoms with E-state index in [1.54, 1.807) is 13.3 Å². The molecular weight excluding hydrogens is 226 g/mol. The van der Waals surface area contributed by atoms with Crippen LogP contribution in [-0.2, 0) is 0 Å². The second-order valence-corrected chi connectivity index (χ2v) is 5.37. The Kier molecular flexibility index (Phi) is 3.07. The van der Waals surface area contributed by atoms with E-state index in [0.717, 1.165) is 16.3 Å². The highest BCUT2D eigenvalue weighted by molar-refractivity contribution is 6.02. The zero-order valence-electron chi connectivity index (χ0n) is 11.2. The van der Waals surface area contributed by atoms with E-state index in [1.165, 1.54) is 0 Å². The number of ketones is 1. The van der Waals surface area contributed by atoms with E-state index in [0.29, 0.717) is 5.88 Å². The van der Waals surface area contributed by atoms with Gasteiger partial charge in [-0.15, -0.1) is 0 Å². The van der Waals surface area contributed by atoms with E-state index in [2.05, 4.69) is 4.98 Å². The van der Waals surface area contributed by atoms with Crippen molar-refractivity contribution in [3.05, 3.63) is 36.0 Å². The van der Waals surface area contributed by atoms with Crippen molar-refractivity contribution in [1.82, 2.24) is 4.98 Å². The highest BCUT2D eigenvalue weighted by Gasteiger charge is 2.22. The molecule has 1 heterocycles. The number of methoxy groups -OCH3 is 1. The van der Waals surface area contributed by atoms with Crippen LogP contribution >= 0.6 is 0 Å². The summed E-state index contributed by atoms with van der Waals surface area (Å²) in [5.74, 6) is 0.720. The average molecular weight is 243 g/mol. The smallest absolute Gasteiger partial charge is 0.213 e. The molecule has 0 saturated heterocycles. The van der Waals surface area contributed by atoms with Gasteiger partial charge in [-0.2, -0.15) is 0 Å². The fourth-order valence-corrected chi connectivity index (χ4v) is 1.81. The molecule has 3 heteroatoms. The van der Waals surface area contributed by atoms with Gasteiger partial charge in [0.15, 0.2) is 5.78 Å². The van der Waals surface area contributed by atoms with Crippen molar-refractivity contribution in [2.45, 2.75) is 20.8 Å². The third kappa shape index (κ3) is 2.35. The van der Waals surface area contributed by atoms with Gasteiger partial charge in [-0.25, -0.2) is 4.98 Å². The molecule has 0 radical (unpaired) electrons. The third-order valence-electron chi connectivity index (χ3n) is 2.85. The first kappa shape index (κ1) is 12.6. The van der Waals surface area contributed by atoms with Crippen molar-refractivity contribution in [3.8, 4) is 5.88 Å². The molecule has 1 aromatic heterocycles. The lowest BCUT2D eigenvalue weighted by atomic mass is 9.86. The number of carbonyl (C=O) groups is 1. The zero-order valence-corrected chi connectivity index (χ0v) is 11.2. The molecule has 0 aliphatic carbocycles. The molecule has 0 spiro atoms. The summed E-state index contributed by atoms with van der Waals surface area (Å²) in [6.45, 7) is 5.77. The number of rotatable bonds is 2. The number of hydrogen-bond donors (Lipinski definition) is 0. The number of nitrogens with zero attached hydrogens (tertiary/aromatic N) is 1. The fourth-order valence-electron chi connectivity index (χ4n) is 1.81. The van der Waals surface area contributed by atoms with Crippen LogP contribution in [0.15, 0.2) is 30.5 Å². The molecule has 0 amide bonds. The van der Waals surface area contributed by atoms with Crippen LogP contribution in [0.3, 0.4) is 0 Å². The summed E-state index contributed by atoms with van der Waals surface area (Å²) in [6.07, 6.45) is 1.73. The number of carbonyl (C=O) groups excluding carboxylic acids is 1. The van der Waals surface area contributed by atoms with Crippen LogP contribution in [0.5, 0.6) is 5.88 Å². The molecule has 0 aliphatic rings. The van der Waals surface area contributed by atoms with Crippen LogP contribution in [0.4, 0.5) is 0 Å². The first-order chi connectivity index (χ1) is 8.41. The van der Waals surface area contributed by atoms with Crippen LogP contribution in [-0.4, -0.2) is 17.9 Å². The largest absolute Gasteiger partial charge is 0.481 e. The second-order valence-electron chi connectivity index (χ2n) is 5.37. The average Bonchev–Trinajstić information content (AvgIpc) is 2.35. The van der Waals surface area contributed by atoms with E-state index >= 15 is 0 Å². The summed E-state index contributed by atoms with van der Waals surface area (Å²) in [7, 11) is 1.59. The van der Waals surface area contributed by atoms with Gasteiger partial charge in [-0.1, -0.05) is 32.9 Å². The minimum absolute atomic E-state index is 0.139. The Balaban J connectivity index is 2.49. The molecule has 0 unspecified atom stereocenters. The summed E-state index contributed by atoms with van der Waals surface area (Å²) in [4.78, 5) is 16.3. The van der Waals surface area contributed by atoms with E-state index in [4.69, 9.17) is 4.74 Å². The van der Waals surface area contributed by atoms with Crippen LogP contribution in [0.2, 0.25) is 0 Å². The molecule has 0 atom stereocenters. The Morgan fingerprint density at radius 1 is 1.17 bits per heavy atom. The maximum atomic E-state index is 12.2. The van der Waals surface area contributed by atoms with Crippen molar-refractivity contribution in [1.29, 1.82) is 0 Å². The third-order valence-corrected chi connectivity index (χ3v) is 2.85. The quantitative estimate of drug-likeness (QED) is 0.758. The first-order valence-corrected chi connectivity index (χ1v) is 5.90. The molecule has 3 nitrogen and oxygen atoms in total. The van der Waals surface area contributed by atoms with E-state index in [1.807, 2.05) is 45.0 Å². The Bertz CT molecular complexity index is 597. The van der Waals surface area contributed by atoms with Crippen molar-refractivity contribution in [3.63, 3.8) is 0 Å². The second kappa shape index (κ2) is 4.41. The fraction of sp³-hybridized carbons (Fsp3) is 0.333. The molecule has 1 aromatic carbocycles. The van der Waals surface area contributed by atoms with E-state index < -0.39 is 0 Å². The molecular formula is C15H17NO2. The van der Waals surface area contributed by atoms with Crippen molar-refractivity contribution >= 4 is 16.6 Å². The molecule has 2 rings (SSSR count). The number of fused-ring (bicyclic) bond motifs is 1.